The molecule has 0 unspecified atom stereocenters. The highest BCUT2D eigenvalue weighted by molar-refractivity contribution is 6.01. The lowest BCUT2D eigenvalue weighted by molar-refractivity contribution is 0.0557. The van der Waals surface area contributed by atoms with Crippen LogP contribution < -0.4 is 0 Å². The van der Waals surface area contributed by atoms with Crippen molar-refractivity contribution in [3.05, 3.63) is 18.0 Å². The van der Waals surface area contributed by atoms with E-state index in [4.69, 9.17) is 0 Å². The fourth-order valence-corrected chi connectivity index (χ4v) is 2.79. The van der Waals surface area contributed by atoms with Crippen LogP contribution in [-0.4, -0.2) is 40.1 Å². The van der Waals surface area contributed by atoms with Crippen LogP contribution in [0.25, 0.3) is 0 Å². The summed E-state index contributed by atoms with van der Waals surface area (Å²) in [6, 6.07) is 1.82. The number of rotatable bonds is 3. The fourth-order valence-electron chi connectivity index (χ4n) is 2.79. The molecule has 0 radical (unpaired) electrons. The van der Waals surface area contributed by atoms with Gasteiger partial charge < -0.3 is 0 Å². The zero-order chi connectivity index (χ0) is 12.5. The molecule has 4 heteroatoms. The molecule has 0 amide bonds. The summed E-state index contributed by atoms with van der Waals surface area (Å²) in [5.74, 6) is 0.183. The molecule has 1 aromatic rings. The Kier molecular flexibility index (Phi) is 3.33. The lowest BCUT2D eigenvalue weighted by Crippen LogP contribution is -2.52. The van der Waals surface area contributed by atoms with Crippen LogP contribution >= 0.6 is 0 Å². The number of ketones is 1. The van der Waals surface area contributed by atoms with E-state index in [1.54, 1.807) is 4.68 Å². The molecule has 1 saturated carbocycles. The Labute approximate surface area is 103 Å². The van der Waals surface area contributed by atoms with Crippen LogP contribution in [0, 0.1) is 0 Å². The summed E-state index contributed by atoms with van der Waals surface area (Å²) in [6.45, 7) is 0. The number of Topliss-reactive ketones (excluding diaryl/α,β-unsaturated/α-hetero) is 1. The van der Waals surface area contributed by atoms with Gasteiger partial charge in [0.05, 0.1) is 5.54 Å². The molecule has 1 aliphatic rings. The van der Waals surface area contributed by atoms with Crippen LogP contribution in [0.1, 0.15) is 42.6 Å². The van der Waals surface area contributed by atoms with Crippen LogP contribution in [0.5, 0.6) is 0 Å². The molecular formula is C13H21N3O. The van der Waals surface area contributed by atoms with Gasteiger partial charge in [-0.1, -0.05) is 19.3 Å². The number of likely N-dealkylation sites (N-methyl/N-ethyl adjacent to an activating group) is 1. The summed E-state index contributed by atoms with van der Waals surface area (Å²) in [5.41, 5.74) is 0.273. The van der Waals surface area contributed by atoms with Gasteiger partial charge in [-0.3, -0.25) is 14.4 Å². The average Bonchev–Trinajstić information content (AvgIpc) is 2.75. The quantitative estimate of drug-likeness (QED) is 0.751. The third-order valence-corrected chi connectivity index (χ3v) is 3.91. The first-order valence-electron chi connectivity index (χ1n) is 6.28. The molecule has 0 aromatic carbocycles. The number of nitrogens with zero attached hydrogens (tertiary/aromatic N) is 3. The van der Waals surface area contributed by atoms with Crippen LogP contribution in [0.15, 0.2) is 12.3 Å². The van der Waals surface area contributed by atoms with Gasteiger partial charge in [-0.25, -0.2) is 0 Å². The minimum atomic E-state index is -0.327. The Hall–Kier alpha value is -1.16. The van der Waals surface area contributed by atoms with Crippen molar-refractivity contribution in [3.63, 3.8) is 0 Å². The summed E-state index contributed by atoms with van der Waals surface area (Å²) >= 11 is 0. The van der Waals surface area contributed by atoms with Gasteiger partial charge in [0, 0.05) is 13.2 Å². The zero-order valence-corrected chi connectivity index (χ0v) is 10.9. The maximum absolute atomic E-state index is 12.7. The highest BCUT2D eigenvalue weighted by Gasteiger charge is 2.42. The van der Waals surface area contributed by atoms with Crippen molar-refractivity contribution in [1.29, 1.82) is 0 Å². The predicted octanol–water partition coefficient (Wildman–Crippen LogP) is 1.87. The molecule has 0 spiro atoms. The van der Waals surface area contributed by atoms with Gasteiger partial charge in [-0.05, 0) is 33.0 Å². The second kappa shape index (κ2) is 4.61. The lowest BCUT2D eigenvalue weighted by atomic mass is 9.76. The molecule has 17 heavy (non-hydrogen) atoms. The summed E-state index contributed by atoms with van der Waals surface area (Å²) in [4.78, 5) is 14.7. The van der Waals surface area contributed by atoms with Crippen LogP contribution in [0.4, 0.5) is 0 Å². The van der Waals surface area contributed by atoms with Crippen LogP contribution in [-0.2, 0) is 7.05 Å². The molecule has 0 saturated heterocycles. The Morgan fingerprint density at radius 3 is 2.47 bits per heavy atom. The third kappa shape index (κ3) is 2.14. The van der Waals surface area contributed by atoms with Crippen molar-refractivity contribution in [2.24, 2.45) is 7.05 Å². The lowest BCUT2D eigenvalue weighted by Gasteiger charge is -2.41. The second-order valence-electron chi connectivity index (χ2n) is 5.19. The first kappa shape index (κ1) is 12.3. The van der Waals surface area contributed by atoms with Crippen molar-refractivity contribution >= 4 is 5.78 Å². The molecule has 1 heterocycles. The molecule has 0 bridgehead atoms. The maximum atomic E-state index is 12.7. The first-order chi connectivity index (χ1) is 8.06. The number of carbonyl (C=O) groups is 1. The standard InChI is InChI=1S/C13H21N3O/c1-15(2)13(8-5-4-6-9-13)12(17)11-7-10-16(3)14-11/h7,10H,4-6,8-9H2,1-3H3. The van der Waals surface area contributed by atoms with Gasteiger partial charge in [-0.15, -0.1) is 0 Å². The Morgan fingerprint density at radius 1 is 1.35 bits per heavy atom. The number of aromatic nitrogens is 2. The van der Waals surface area contributed by atoms with Crippen molar-refractivity contribution in [3.8, 4) is 0 Å². The van der Waals surface area contributed by atoms with E-state index in [0.29, 0.717) is 5.69 Å². The molecule has 1 fully saturated rings. The monoisotopic (exact) mass is 235 g/mol. The van der Waals surface area contributed by atoms with Crippen LogP contribution in [0.3, 0.4) is 0 Å². The van der Waals surface area contributed by atoms with Gasteiger partial charge in [0.1, 0.15) is 5.69 Å². The Bertz CT molecular complexity index is 403. The Balaban J connectivity index is 2.30. The van der Waals surface area contributed by atoms with Crippen molar-refractivity contribution in [2.75, 3.05) is 14.1 Å². The van der Waals surface area contributed by atoms with Crippen molar-refractivity contribution in [2.45, 2.75) is 37.6 Å². The van der Waals surface area contributed by atoms with Gasteiger partial charge in [0.25, 0.3) is 0 Å². The van der Waals surface area contributed by atoms with Gasteiger partial charge >= 0.3 is 0 Å². The minimum Gasteiger partial charge on any atom is -0.297 e. The summed E-state index contributed by atoms with van der Waals surface area (Å²) in [7, 11) is 5.86. The molecule has 0 N–H and O–H groups in total. The van der Waals surface area contributed by atoms with Crippen molar-refractivity contribution < 1.29 is 4.79 Å². The van der Waals surface area contributed by atoms with E-state index in [0.717, 1.165) is 25.7 Å². The number of hydrogen-bond acceptors (Lipinski definition) is 3. The first-order valence-corrected chi connectivity index (χ1v) is 6.28. The largest absolute Gasteiger partial charge is 0.297 e. The highest BCUT2D eigenvalue weighted by Crippen LogP contribution is 2.34. The Morgan fingerprint density at radius 2 is 2.00 bits per heavy atom. The maximum Gasteiger partial charge on any atom is 0.203 e. The minimum absolute atomic E-state index is 0.183. The van der Waals surface area contributed by atoms with Gasteiger partial charge in [-0.2, -0.15) is 5.10 Å². The summed E-state index contributed by atoms with van der Waals surface area (Å²) in [6.07, 6.45) is 7.25. The summed E-state index contributed by atoms with van der Waals surface area (Å²) in [5, 5.41) is 4.25. The molecular weight excluding hydrogens is 214 g/mol. The average molecular weight is 235 g/mol. The molecule has 0 atom stereocenters. The molecule has 1 aliphatic carbocycles. The van der Waals surface area contributed by atoms with E-state index in [-0.39, 0.29) is 11.3 Å². The van der Waals surface area contributed by atoms with Gasteiger partial charge in [0.2, 0.25) is 5.78 Å². The second-order valence-corrected chi connectivity index (χ2v) is 5.19. The predicted molar refractivity (Wildman–Crippen MR) is 67.0 cm³/mol. The van der Waals surface area contributed by atoms with E-state index in [1.165, 1.54) is 6.42 Å². The number of aryl methyl sites for hydroxylation is 1. The SMILES string of the molecule is CN(C)C1(C(=O)c2ccn(C)n2)CCCCC1. The third-order valence-electron chi connectivity index (χ3n) is 3.91. The zero-order valence-electron chi connectivity index (χ0n) is 10.9. The molecule has 0 aliphatic heterocycles. The molecule has 1 aromatic heterocycles. The summed E-state index contributed by atoms with van der Waals surface area (Å²) < 4.78 is 1.69. The van der Waals surface area contributed by atoms with Crippen LogP contribution in [0.2, 0.25) is 0 Å². The fraction of sp³-hybridized carbons (Fsp3) is 0.692. The number of carbonyl (C=O) groups excluding carboxylic acids is 1. The van der Waals surface area contributed by atoms with E-state index in [1.807, 2.05) is 33.4 Å². The molecule has 94 valence electrons. The van der Waals surface area contributed by atoms with Gasteiger partial charge in [0.15, 0.2) is 0 Å². The van der Waals surface area contributed by atoms with E-state index in [9.17, 15) is 4.79 Å². The highest BCUT2D eigenvalue weighted by atomic mass is 16.1. The van der Waals surface area contributed by atoms with E-state index >= 15 is 0 Å². The smallest absolute Gasteiger partial charge is 0.203 e. The van der Waals surface area contributed by atoms with E-state index < -0.39 is 0 Å². The van der Waals surface area contributed by atoms with E-state index in [2.05, 4.69) is 10.00 Å². The normalized spacial score (nSPS) is 19.5. The number of hydrogen-bond donors (Lipinski definition) is 0. The van der Waals surface area contributed by atoms with Crippen molar-refractivity contribution in [1.82, 2.24) is 14.7 Å². The molecule has 2 rings (SSSR count). The topological polar surface area (TPSA) is 38.1 Å². The molecule has 4 nitrogen and oxygen atoms in total.